The summed E-state index contributed by atoms with van der Waals surface area (Å²) in [5.41, 5.74) is 1.51. The summed E-state index contributed by atoms with van der Waals surface area (Å²) in [6.45, 7) is 0.123. The molecule has 0 spiro atoms. The predicted molar refractivity (Wildman–Crippen MR) is 93.5 cm³/mol. The minimum Gasteiger partial charge on any atom is -0.454 e. The number of benzene rings is 3. The van der Waals surface area contributed by atoms with Crippen molar-refractivity contribution in [2.75, 3.05) is 0 Å². The summed E-state index contributed by atoms with van der Waals surface area (Å²) >= 11 is 0. The molecule has 0 saturated heterocycles. The van der Waals surface area contributed by atoms with E-state index in [2.05, 4.69) is 0 Å². The van der Waals surface area contributed by atoms with E-state index >= 15 is 0 Å². The average molecular weight is 365 g/mol. The van der Waals surface area contributed by atoms with E-state index < -0.39 is 11.6 Å². The lowest BCUT2D eigenvalue weighted by molar-refractivity contribution is 0.0642. The molecule has 0 saturated carbocycles. The predicted octanol–water partition coefficient (Wildman–Crippen LogP) is 4.55. The number of hydrogen-bond donors (Lipinski definition) is 0. The van der Waals surface area contributed by atoms with Crippen LogP contribution < -0.4 is 4.74 Å². The summed E-state index contributed by atoms with van der Waals surface area (Å²) in [5.74, 6) is -1.88. The van der Waals surface area contributed by atoms with Gasteiger partial charge in [0.1, 0.15) is 11.6 Å². The Kier molecular flexibility index (Phi) is 4.16. The van der Waals surface area contributed by atoms with Crippen molar-refractivity contribution in [2.24, 2.45) is 0 Å². The number of nitrogens with zero attached hydrogens (tertiary/aromatic N) is 1. The average Bonchev–Trinajstić information content (AvgIpc) is 2.91. The summed E-state index contributed by atoms with van der Waals surface area (Å²) in [5, 5.41) is 0. The lowest BCUT2D eigenvalue weighted by Gasteiger charge is -2.14. The van der Waals surface area contributed by atoms with Crippen molar-refractivity contribution >= 4 is 11.8 Å². The number of rotatable bonds is 4. The molecule has 3 aromatic rings. The minimum absolute atomic E-state index is 0.0931. The second kappa shape index (κ2) is 6.64. The van der Waals surface area contributed by atoms with Crippen molar-refractivity contribution in [3.63, 3.8) is 0 Å². The lowest BCUT2D eigenvalue weighted by atomic mass is 10.1. The molecule has 134 valence electrons. The van der Waals surface area contributed by atoms with Crippen LogP contribution in [0.5, 0.6) is 11.5 Å². The smallest absolute Gasteiger partial charge is 0.261 e. The maximum absolute atomic E-state index is 13.7. The monoisotopic (exact) mass is 365 g/mol. The van der Waals surface area contributed by atoms with E-state index in [0.717, 1.165) is 17.7 Å². The van der Waals surface area contributed by atoms with E-state index in [-0.39, 0.29) is 24.1 Å². The molecule has 2 amide bonds. The number of ether oxygens (including phenoxy) is 1. The van der Waals surface area contributed by atoms with E-state index in [1.54, 1.807) is 48.5 Å². The number of amides is 2. The van der Waals surface area contributed by atoms with Crippen LogP contribution in [0, 0.1) is 11.6 Å². The van der Waals surface area contributed by atoms with Crippen LogP contribution in [0.1, 0.15) is 26.3 Å². The van der Waals surface area contributed by atoms with E-state index in [0.29, 0.717) is 16.9 Å². The first kappa shape index (κ1) is 16.9. The normalized spacial score (nSPS) is 13.0. The van der Waals surface area contributed by atoms with Gasteiger partial charge in [-0.25, -0.2) is 8.78 Å². The molecule has 0 radical (unpaired) electrons. The first-order valence-electron chi connectivity index (χ1n) is 8.20. The molecule has 1 aliphatic rings. The number of carbonyl (C=O) groups is 2. The number of imide groups is 1. The van der Waals surface area contributed by atoms with Gasteiger partial charge in [0, 0.05) is 6.07 Å². The summed E-state index contributed by atoms with van der Waals surface area (Å²) in [7, 11) is 0. The van der Waals surface area contributed by atoms with E-state index in [1.807, 2.05) is 0 Å². The number of hydrogen-bond acceptors (Lipinski definition) is 3. The summed E-state index contributed by atoms with van der Waals surface area (Å²) in [6.07, 6.45) is 0. The highest BCUT2D eigenvalue weighted by molar-refractivity contribution is 6.21. The second-order valence-electron chi connectivity index (χ2n) is 6.06. The van der Waals surface area contributed by atoms with Gasteiger partial charge in [0.25, 0.3) is 11.8 Å². The zero-order chi connectivity index (χ0) is 19.0. The molecule has 3 aromatic carbocycles. The van der Waals surface area contributed by atoms with Crippen molar-refractivity contribution in [1.82, 2.24) is 4.90 Å². The first-order chi connectivity index (χ1) is 13.0. The quantitative estimate of drug-likeness (QED) is 0.637. The van der Waals surface area contributed by atoms with Crippen molar-refractivity contribution < 1.29 is 23.1 Å². The highest BCUT2D eigenvalue weighted by Gasteiger charge is 2.34. The number of carbonyl (C=O) groups excluding carboxylic acids is 2. The van der Waals surface area contributed by atoms with Crippen LogP contribution in [0.4, 0.5) is 8.78 Å². The maximum Gasteiger partial charge on any atom is 0.261 e. The van der Waals surface area contributed by atoms with Crippen molar-refractivity contribution in [3.8, 4) is 11.5 Å². The maximum atomic E-state index is 13.7. The van der Waals surface area contributed by atoms with Crippen molar-refractivity contribution in [2.45, 2.75) is 6.54 Å². The van der Waals surface area contributed by atoms with Gasteiger partial charge in [0.05, 0.1) is 17.7 Å². The Bertz CT molecular complexity index is 1010. The Labute approximate surface area is 153 Å². The molecule has 27 heavy (non-hydrogen) atoms. The molecular formula is C21H13F2NO3. The van der Waals surface area contributed by atoms with Crippen LogP contribution >= 0.6 is 0 Å². The molecule has 6 heteroatoms. The molecule has 0 bridgehead atoms. The minimum atomic E-state index is -0.801. The molecule has 0 aliphatic carbocycles. The van der Waals surface area contributed by atoms with Crippen LogP contribution in [0.3, 0.4) is 0 Å². The molecule has 1 heterocycles. The van der Waals surface area contributed by atoms with Crippen molar-refractivity contribution in [3.05, 3.63) is 95.1 Å². The van der Waals surface area contributed by atoms with Crippen LogP contribution in [-0.2, 0) is 6.54 Å². The summed E-state index contributed by atoms with van der Waals surface area (Å²) < 4.78 is 32.0. The third-order valence-corrected chi connectivity index (χ3v) is 4.26. The van der Waals surface area contributed by atoms with Crippen LogP contribution in [0.2, 0.25) is 0 Å². The van der Waals surface area contributed by atoms with Gasteiger partial charge in [-0.3, -0.25) is 14.5 Å². The Balaban J connectivity index is 1.49. The Hall–Kier alpha value is -3.54. The number of halogens is 2. The second-order valence-corrected chi connectivity index (χ2v) is 6.06. The highest BCUT2D eigenvalue weighted by atomic mass is 19.1. The fourth-order valence-electron chi connectivity index (χ4n) is 2.91. The van der Waals surface area contributed by atoms with Crippen LogP contribution in [0.15, 0.2) is 66.7 Å². The molecule has 0 atom stereocenters. The van der Waals surface area contributed by atoms with E-state index in [9.17, 15) is 18.4 Å². The molecular weight excluding hydrogens is 352 g/mol. The van der Waals surface area contributed by atoms with Crippen LogP contribution in [0.25, 0.3) is 0 Å². The molecule has 1 aliphatic heterocycles. The molecule has 0 aromatic heterocycles. The Morgan fingerprint density at radius 3 is 2.04 bits per heavy atom. The standard InChI is InChI=1S/C21H13F2NO3/c22-14-7-10-19(18(23)11-14)27-15-8-5-13(6-9-15)12-24-20(25)16-3-1-2-4-17(16)21(24)26/h1-11H,12H2. The molecule has 0 fully saturated rings. The van der Waals surface area contributed by atoms with E-state index in [4.69, 9.17) is 4.74 Å². The molecule has 4 rings (SSSR count). The first-order valence-corrected chi connectivity index (χ1v) is 8.20. The fraction of sp³-hybridized carbons (Fsp3) is 0.0476. The van der Waals surface area contributed by atoms with Gasteiger partial charge in [-0.15, -0.1) is 0 Å². The van der Waals surface area contributed by atoms with Gasteiger partial charge >= 0.3 is 0 Å². The Morgan fingerprint density at radius 2 is 1.44 bits per heavy atom. The van der Waals surface area contributed by atoms with Gasteiger partial charge in [-0.1, -0.05) is 24.3 Å². The summed E-state index contributed by atoms with van der Waals surface area (Å²) in [4.78, 5) is 26.0. The third kappa shape index (κ3) is 3.17. The van der Waals surface area contributed by atoms with Gasteiger partial charge in [-0.2, -0.15) is 0 Å². The van der Waals surface area contributed by atoms with E-state index in [1.165, 1.54) is 11.0 Å². The van der Waals surface area contributed by atoms with Crippen molar-refractivity contribution in [1.29, 1.82) is 0 Å². The van der Waals surface area contributed by atoms with Gasteiger partial charge in [-0.05, 0) is 42.0 Å². The molecule has 0 N–H and O–H groups in total. The third-order valence-electron chi connectivity index (χ3n) is 4.26. The summed E-state index contributed by atoms with van der Waals surface area (Å²) in [6, 6.07) is 16.3. The zero-order valence-electron chi connectivity index (χ0n) is 14.0. The van der Waals surface area contributed by atoms with Gasteiger partial charge < -0.3 is 4.74 Å². The largest absolute Gasteiger partial charge is 0.454 e. The highest BCUT2D eigenvalue weighted by Crippen LogP contribution is 2.27. The zero-order valence-corrected chi connectivity index (χ0v) is 14.0. The lowest BCUT2D eigenvalue weighted by Crippen LogP contribution is -2.29. The van der Waals surface area contributed by atoms with Gasteiger partial charge in [0.2, 0.25) is 0 Å². The molecule has 4 nitrogen and oxygen atoms in total. The Morgan fingerprint density at radius 1 is 0.815 bits per heavy atom. The van der Waals surface area contributed by atoms with Crippen LogP contribution in [-0.4, -0.2) is 16.7 Å². The SMILES string of the molecule is O=C1c2ccccc2C(=O)N1Cc1ccc(Oc2ccc(F)cc2F)cc1. The fourth-order valence-corrected chi connectivity index (χ4v) is 2.91. The number of fused-ring (bicyclic) bond motifs is 1. The van der Waals surface area contributed by atoms with Gasteiger partial charge in [0.15, 0.2) is 11.6 Å². The molecule has 0 unspecified atom stereocenters. The topological polar surface area (TPSA) is 46.6 Å².